The maximum atomic E-state index is 14.4. The van der Waals surface area contributed by atoms with Crippen LogP contribution in [0.15, 0.2) is 12.3 Å². The van der Waals surface area contributed by atoms with Gasteiger partial charge in [-0.1, -0.05) is 26.7 Å². The Hall–Kier alpha value is -1.16. The van der Waals surface area contributed by atoms with Gasteiger partial charge in [-0.15, -0.1) is 0 Å². The van der Waals surface area contributed by atoms with E-state index in [-0.39, 0.29) is 17.8 Å². The summed E-state index contributed by atoms with van der Waals surface area (Å²) in [6, 6.07) is 1.72. The highest BCUT2D eigenvalue weighted by atomic mass is 19.1. The van der Waals surface area contributed by atoms with Gasteiger partial charge in [-0.3, -0.25) is 0 Å². The van der Waals surface area contributed by atoms with Crippen molar-refractivity contribution in [3.63, 3.8) is 0 Å². The molecule has 0 amide bonds. The summed E-state index contributed by atoms with van der Waals surface area (Å²) in [6.45, 7) is 5.73. The molecular formula is C17H27FN2O. The summed E-state index contributed by atoms with van der Waals surface area (Å²) in [6.07, 6.45) is 8.45. The maximum Gasteiger partial charge on any atom is 0.250 e. The summed E-state index contributed by atoms with van der Waals surface area (Å²) in [5.74, 6) is 0.577. The fraction of sp³-hybridized carbons (Fsp3) is 0.706. The van der Waals surface area contributed by atoms with Crippen LogP contribution >= 0.6 is 0 Å². The van der Waals surface area contributed by atoms with Crippen molar-refractivity contribution >= 4 is 0 Å². The van der Waals surface area contributed by atoms with Gasteiger partial charge in [0, 0.05) is 18.3 Å². The van der Waals surface area contributed by atoms with E-state index in [1.54, 1.807) is 12.3 Å². The minimum absolute atomic E-state index is 0.115. The number of halogens is 1. The van der Waals surface area contributed by atoms with Gasteiger partial charge >= 0.3 is 0 Å². The molecule has 4 heteroatoms. The predicted octanol–water partition coefficient (Wildman–Crippen LogP) is 4.07. The molecule has 1 saturated carbocycles. The molecular weight excluding hydrogens is 267 g/mol. The zero-order valence-electron chi connectivity index (χ0n) is 13.2. The molecule has 0 bridgehead atoms. The van der Waals surface area contributed by atoms with Gasteiger partial charge < -0.3 is 10.1 Å². The lowest BCUT2D eigenvalue weighted by atomic mass is 9.85. The molecule has 2 rings (SSSR count). The Labute approximate surface area is 127 Å². The van der Waals surface area contributed by atoms with Gasteiger partial charge in [-0.05, 0) is 44.2 Å². The number of rotatable bonds is 7. The third-order valence-electron chi connectivity index (χ3n) is 4.27. The Morgan fingerprint density at radius 3 is 3.00 bits per heavy atom. The van der Waals surface area contributed by atoms with Gasteiger partial charge in [0.15, 0.2) is 5.82 Å². The van der Waals surface area contributed by atoms with E-state index in [1.165, 1.54) is 19.3 Å². The monoisotopic (exact) mass is 294 g/mol. The summed E-state index contributed by atoms with van der Waals surface area (Å²) >= 11 is 0. The van der Waals surface area contributed by atoms with Crippen molar-refractivity contribution in [2.45, 2.75) is 65.0 Å². The van der Waals surface area contributed by atoms with Gasteiger partial charge in [0.2, 0.25) is 0 Å². The van der Waals surface area contributed by atoms with E-state index in [0.29, 0.717) is 18.0 Å². The minimum atomic E-state index is -0.306. The number of aromatic nitrogens is 1. The Morgan fingerprint density at radius 2 is 2.24 bits per heavy atom. The van der Waals surface area contributed by atoms with Crippen LogP contribution in [0.2, 0.25) is 0 Å². The molecule has 1 fully saturated rings. The van der Waals surface area contributed by atoms with E-state index in [4.69, 9.17) is 4.74 Å². The fourth-order valence-corrected chi connectivity index (χ4v) is 2.96. The Morgan fingerprint density at radius 1 is 1.38 bits per heavy atom. The molecule has 1 aliphatic carbocycles. The van der Waals surface area contributed by atoms with Crippen LogP contribution < -0.4 is 10.1 Å². The SMILES string of the molecule is CCCNCc1ccnc(OC2CCCC(CC)C2)c1F. The lowest BCUT2D eigenvalue weighted by Gasteiger charge is -2.28. The second-order valence-electron chi connectivity index (χ2n) is 5.95. The van der Waals surface area contributed by atoms with Crippen molar-refractivity contribution in [1.29, 1.82) is 0 Å². The smallest absolute Gasteiger partial charge is 0.250 e. The van der Waals surface area contributed by atoms with Crippen LogP contribution in [0.3, 0.4) is 0 Å². The molecule has 0 spiro atoms. The van der Waals surface area contributed by atoms with E-state index in [9.17, 15) is 4.39 Å². The zero-order valence-corrected chi connectivity index (χ0v) is 13.2. The first-order chi connectivity index (χ1) is 10.2. The van der Waals surface area contributed by atoms with Crippen molar-refractivity contribution in [3.8, 4) is 5.88 Å². The first-order valence-corrected chi connectivity index (χ1v) is 8.25. The quantitative estimate of drug-likeness (QED) is 0.770. The molecule has 0 radical (unpaired) electrons. The van der Waals surface area contributed by atoms with Crippen LogP contribution in [0.1, 0.15) is 57.9 Å². The highest BCUT2D eigenvalue weighted by Gasteiger charge is 2.24. The third kappa shape index (κ3) is 4.67. The topological polar surface area (TPSA) is 34.2 Å². The van der Waals surface area contributed by atoms with Gasteiger partial charge in [0.25, 0.3) is 5.88 Å². The van der Waals surface area contributed by atoms with Gasteiger partial charge in [0.05, 0.1) is 0 Å². The average Bonchev–Trinajstić information content (AvgIpc) is 2.51. The number of hydrogen-bond acceptors (Lipinski definition) is 3. The normalized spacial score (nSPS) is 22.2. The van der Waals surface area contributed by atoms with Crippen LogP contribution in [-0.4, -0.2) is 17.6 Å². The van der Waals surface area contributed by atoms with Crippen LogP contribution in [0.5, 0.6) is 5.88 Å². The second kappa shape index (κ2) is 8.32. The molecule has 1 heterocycles. The molecule has 1 aliphatic rings. The minimum Gasteiger partial charge on any atom is -0.472 e. The number of ether oxygens (including phenoxy) is 1. The van der Waals surface area contributed by atoms with Crippen LogP contribution in [-0.2, 0) is 6.54 Å². The Kier molecular flexibility index (Phi) is 6.43. The Balaban J connectivity index is 1.97. The van der Waals surface area contributed by atoms with Crippen molar-refractivity contribution in [2.24, 2.45) is 5.92 Å². The molecule has 0 aliphatic heterocycles. The van der Waals surface area contributed by atoms with Crippen LogP contribution in [0.4, 0.5) is 4.39 Å². The van der Waals surface area contributed by atoms with E-state index in [2.05, 4.69) is 24.1 Å². The zero-order chi connectivity index (χ0) is 15.1. The predicted molar refractivity (Wildman–Crippen MR) is 82.9 cm³/mol. The molecule has 21 heavy (non-hydrogen) atoms. The van der Waals surface area contributed by atoms with Crippen LogP contribution in [0, 0.1) is 11.7 Å². The van der Waals surface area contributed by atoms with Crippen LogP contribution in [0.25, 0.3) is 0 Å². The number of nitrogens with zero attached hydrogens (tertiary/aromatic N) is 1. The van der Waals surface area contributed by atoms with E-state index in [0.717, 1.165) is 25.8 Å². The summed E-state index contributed by atoms with van der Waals surface area (Å²) in [7, 11) is 0. The molecule has 1 aromatic heterocycles. The van der Waals surface area contributed by atoms with Gasteiger partial charge in [0.1, 0.15) is 6.10 Å². The number of hydrogen-bond donors (Lipinski definition) is 1. The summed E-state index contributed by atoms with van der Waals surface area (Å²) in [4.78, 5) is 4.09. The van der Waals surface area contributed by atoms with Gasteiger partial charge in [-0.25, -0.2) is 9.37 Å². The summed E-state index contributed by atoms with van der Waals surface area (Å²) in [5.41, 5.74) is 0.635. The largest absolute Gasteiger partial charge is 0.472 e. The van der Waals surface area contributed by atoms with Crippen molar-refractivity contribution in [2.75, 3.05) is 6.54 Å². The molecule has 1 aromatic rings. The van der Waals surface area contributed by atoms with E-state index < -0.39 is 0 Å². The Bertz CT molecular complexity index is 439. The maximum absolute atomic E-state index is 14.4. The highest BCUT2D eigenvalue weighted by molar-refractivity contribution is 5.23. The third-order valence-corrected chi connectivity index (χ3v) is 4.27. The molecule has 0 aromatic carbocycles. The van der Waals surface area contributed by atoms with E-state index >= 15 is 0 Å². The van der Waals surface area contributed by atoms with Crippen molar-refractivity contribution in [3.05, 3.63) is 23.6 Å². The number of nitrogens with one attached hydrogen (secondary N) is 1. The fourth-order valence-electron chi connectivity index (χ4n) is 2.96. The lowest BCUT2D eigenvalue weighted by Crippen LogP contribution is -2.26. The lowest BCUT2D eigenvalue weighted by molar-refractivity contribution is 0.111. The van der Waals surface area contributed by atoms with Crippen molar-refractivity contribution in [1.82, 2.24) is 10.3 Å². The van der Waals surface area contributed by atoms with Gasteiger partial charge in [-0.2, -0.15) is 0 Å². The molecule has 0 saturated heterocycles. The summed E-state index contributed by atoms with van der Waals surface area (Å²) < 4.78 is 20.3. The molecule has 118 valence electrons. The molecule has 3 nitrogen and oxygen atoms in total. The highest BCUT2D eigenvalue weighted by Crippen LogP contribution is 2.30. The summed E-state index contributed by atoms with van der Waals surface area (Å²) in [5, 5.41) is 3.22. The number of pyridine rings is 1. The van der Waals surface area contributed by atoms with E-state index in [1.807, 2.05) is 0 Å². The molecule has 1 N–H and O–H groups in total. The first-order valence-electron chi connectivity index (χ1n) is 8.25. The average molecular weight is 294 g/mol. The molecule has 2 unspecified atom stereocenters. The first kappa shape index (κ1) is 16.2. The standard InChI is InChI=1S/C17H27FN2O/c1-3-9-19-12-14-8-10-20-17(16(14)18)21-15-7-5-6-13(4-2)11-15/h8,10,13,15,19H,3-7,9,11-12H2,1-2H3. The second-order valence-corrected chi connectivity index (χ2v) is 5.95. The molecule has 2 atom stereocenters. The van der Waals surface area contributed by atoms with Crippen molar-refractivity contribution < 1.29 is 9.13 Å².